The van der Waals surface area contributed by atoms with Gasteiger partial charge in [0.15, 0.2) is 0 Å². The molecule has 2 atom stereocenters. The predicted molar refractivity (Wildman–Crippen MR) is 83.5 cm³/mol. The van der Waals surface area contributed by atoms with E-state index in [9.17, 15) is 9.50 Å². The molecule has 1 aromatic rings. The van der Waals surface area contributed by atoms with E-state index in [1.807, 2.05) is 19.9 Å². The molecule has 0 fully saturated rings. The van der Waals surface area contributed by atoms with E-state index >= 15 is 0 Å². The third-order valence-electron chi connectivity index (χ3n) is 3.78. The van der Waals surface area contributed by atoms with E-state index in [2.05, 4.69) is 6.58 Å². The minimum absolute atomic E-state index is 0.315. The molecule has 0 bridgehead atoms. The topological polar surface area (TPSA) is 55.5 Å². The minimum Gasteiger partial charge on any atom is -0.387 e. The van der Waals surface area contributed by atoms with Gasteiger partial charge in [-0.3, -0.25) is 0 Å². The molecule has 0 aliphatic rings. The van der Waals surface area contributed by atoms with Crippen LogP contribution in [0, 0.1) is 12.7 Å². The molecule has 118 valence electrons. The lowest BCUT2D eigenvalue weighted by molar-refractivity contribution is -0.142. The van der Waals surface area contributed by atoms with Crippen LogP contribution in [-0.2, 0) is 4.74 Å². The van der Waals surface area contributed by atoms with E-state index in [0.717, 1.165) is 5.56 Å². The second-order valence-electron chi connectivity index (χ2n) is 5.96. The van der Waals surface area contributed by atoms with Crippen molar-refractivity contribution < 1.29 is 14.2 Å². The lowest BCUT2D eigenvalue weighted by Crippen LogP contribution is -2.52. The molecule has 21 heavy (non-hydrogen) atoms. The Kier molecular flexibility index (Phi) is 5.68. The number of rotatable bonds is 7. The molecule has 0 aliphatic heterocycles. The Morgan fingerprint density at radius 3 is 2.48 bits per heavy atom. The monoisotopic (exact) mass is 295 g/mol. The zero-order valence-electron chi connectivity index (χ0n) is 13.3. The van der Waals surface area contributed by atoms with E-state index in [1.165, 1.54) is 12.1 Å². The lowest BCUT2D eigenvalue weighted by Gasteiger charge is -2.42. The summed E-state index contributed by atoms with van der Waals surface area (Å²) in [5, 5.41) is 10.4. The third-order valence-corrected chi connectivity index (χ3v) is 3.78. The molecule has 3 N–H and O–H groups in total. The SMILES string of the molecule is C=CC(CC(N)c1cc(C)cc(F)c1)(OCC)C(C)(C)O. The normalized spacial score (nSPS) is 16.3. The highest BCUT2D eigenvalue weighted by atomic mass is 19.1. The molecule has 0 aromatic heterocycles. The summed E-state index contributed by atoms with van der Waals surface area (Å²) >= 11 is 0. The zero-order valence-corrected chi connectivity index (χ0v) is 13.3. The van der Waals surface area contributed by atoms with Gasteiger partial charge in [-0.1, -0.05) is 12.1 Å². The Morgan fingerprint density at radius 2 is 2.05 bits per heavy atom. The van der Waals surface area contributed by atoms with E-state index in [0.29, 0.717) is 18.6 Å². The summed E-state index contributed by atoms with van der Waals surface area (Å²) in [6.45, 7) is 11.2. The first kappa shape index (κ1) is 17.8. The van der Waals surface area contributed by atoms with E-state index in [1.54, 1.807) is 19.9 Å². The molecule has 1 rings (SSSR count). The first-order chi connectivity index (χ1) is 9.65. The van der Waals surface area contributed by atoms with Crippen molar-refractivity contribution in [1.29, 1.82) is 0 Å². The van der Waals surface area contributed by atoms with Gasteiger partial charge in [0.2, 0.25) is 0 Å². The van der Waals surface area contributed by atoms with E-state index < -0.39 is 17.2 Å². The van der Waals surface area contributed by atoms with Crippen molar-refractivity contribution in [3.63, 3.8) is 0 Å². The number of halogens is 1. The molecule has 0 spiro atoms. The van der Waals surface area contributed by atoms with Crippen LogP contribution in [0.4, 0.5) is 4.39 Å². The number of hydrogen-bond acceptors (Lipinski definition) is 3. The van der Waals surface area contributed by atoms with E-state index in [4.69, 9.17) is 10.5 Å². The van der Waals surface area contributed by atoms with Gasteiger partial charge in [-0.2, -0.15) is 0 Å². The van der Waals surface area contributed by atoms with Gasteiger partial charge in [-0.25, -0.2) is 4.39 Å². The van der Waals surface area contributed by atoms with Crippen LogP contribution in [0.1, 0.15) is 44.4 Å². The van der Waals surface area contributed by atoms with Gasteiger partial charge in [0.25, 0.3) is 0 Å². The Bertz CT molecular complexity index is 476. The van der Waals surface area contributed by atoms with Crippen molar-refractivity contribution >= 4 is 0 Å². The Hall–Kier alpha value is -1.23. The Labute approximate surface area is 126 Å². The van der Waals surface area contributed by atoms with Crippen molar-refractivity contribution in [1.82, 2.24) is 0 Å². The van der Waals surface area contributed by atoms with Crippen LogP contribution in [0.15, 0.2) is 30.9 Å². The third kappa shape index (κ3) is 4.13. The molecule has 0 aliphatic carbocycles. The average molecular weight is 295 g/mol. The molecule has 0 saturated carbocycles. The van der Waals surface area contributed by atoms with Gasteiger partial charge in [-0.15, -0.1) is 6.58 Å². The molecule has 0 saturated heterocycles. The number of aryl methyl sites for hydroxylation is 1. The maximum atomic E-state index is 13.5. The number of hydrogen-bond donors (Lipinski definition) is 2. The molecule has 0 amide bonds. The molecule has 0 heterocycles. The maximum Gasteiger partial charge on any atom is 0.123 e. The molecule has 3 nitrogen and oxygen atoms in total. The van der Waals surface area contributed by atoms with Gasteiger partial charge in [0.05, 0.1) is 5.60 Å². The smallest absolute Gasteiger partial charge is 0.123 e. The van der Waals surface area contributed by atoms with E-state index in [-0.39, 0.29) is 5.82 Å². The van der Waals surface area contributed by atoms with Gasteiger partial charge in [-0.05, 0) is 51.0 Å². The van der Waals surface area contributed by atoms with Crippen LogP contribution in [0.3, 0.4) is 0 Å². The fourth-order valence-corrected chi connectivity index (χ4v) is 2.56. The Balaban J connectivity index is 3.10. The van der Waals surface area contributed by atoms with Gasteiger partial charge in [0.1, 0.15) is 11.4 Å². The molecule has 1 aromatic carbocycles. The second-order valence-corrected chi connectivity index (χ2v) is 5.96. The largest absolute Gasteiger partial charge is 0.387 e. The van der Waals surface area contributed by atoms with Crippen LogP contribution in [0.2, 0.25) is 0 Å². The standard InChI is InChI=1S/C17H26FNO2/c1-6-17(21-7-2,16(4,5)20)11-15(19)13-8-12(3)9-14(18)10-13/h6,8-10,15,20H,1,7,11,19H2,2-5H3. The summed E-state index contributed by atoms with van der Waals surface area (Å²) in [7, 11) is 0. The summed E-state index contributed by atoms with van der Waals surface area (Å²) < 4.78 is 19.3. The average Bonchev–Trinajstić information content (AvgIpc) is 2.35. The highest BCUT2D eigenvalue weighted by molar-refractivity contribution is 5.27. The first-order valence-electron chi connectivity index (χ1n) is 7.18. The van der Waals surface area contributed by atoms with Crippen LogP contribution >= 0.6 is 0 Å². The molecule has 2 unspecified atom stereocenters. The number of aliphatic hydroxyl groups is 1. The molecule has 4 heteroatoms. The quantitative estimate of drug-likeness (QED) is 0.759. The van der Waals surface area contributed by atoms with Crippen molar-refractivity contribution in [2.24, 2.45) is 5.73 Å². The van der Waals surface area contributed by atoms with Crippen molar-refractivity contribution in [2.45, 2.75) is 51.4 Å². The highest BCUT2D eigenvalue weighted by Gasteiger charge is 2.43. The summed E-state index contributed by atoms with van der Waals surface area (Å²) in [4.78, 5) is 0. The predicted octanol–water partition coefficient (Wildman–Crippen LogP) is 3.26. The molecule has 0 radical (unpaired) electrons. The van der Waals surface area contributed by atoms with Crippen molar-refractivity contribution in [2.75, 3.05) is 6.61 Å². The number of benzene rings is 1. The second kappa shape index (κ2) is 6.69. The van der Waals surface area contributed by atoms with Gasteiger partial charge in [0, 0.05) is 19.1 Å². The fourth-order valence-electron chi connectivity index (χ4n) is 2.56. The summed E-state index contributed by atoms with van der Waals surface area (Å²) in [6, 6.07) is 4.25. The highest BCUT2D eigenvalue weighted by Crippen LogP contribution is 2.35. The van der Waals surface area contributed by atoms with Crippen LogP contribution in [0.5, 0.6) is 0 Å². The minimum atomic E-state index is -1.15. The zero-order chi connectivity index (χ0) is 16.3. The number of nitrogens with two attached hydrogens (primary N) is 1. The maximum absolute atomic E-state index is 13.5. The summed E-state index contributed by atoms with van der Waals surface area (Å²) in [5.74, 6) is -0.315. The first-order valence-corrected chi connectivity index (χ1v) is 7.18. The van der Waals surface area contributed by atoms with Gasteiger partial charge < -0.3 is 15.6 Å². The lowest BCUT2D eigenvalue weighted by atomic mass is 9.79. The fraction of sp³-hybridized carbons (Fsp3) is 0.529. The van der Waals surface area contributed by atoms with Crippen LogP contribution < -0.4 is 5.73 Å². The number of ether oxygens (including phenoxy) is 1. The Morgan fingerprint density at radius 1 is 1.43 bits per heavy atom. The van der Waals surface area contributed by atoms with Crippen molar-refractivity contribution in [3.05, 3.63) is 47.8 Å². The summed E-state index contributed by atoms with van der Waals surface area (Å²) in [5.41, 5.74) is 5.58. The van der Waals surface area contributed by atoms with Crippen LogP contribution in [0.25, 0.3) is 0 Å². The van der Waals surface area contributed by atoms with Gasteiger partial charge >= 0.3 is 0 Å². The van der Waals surface area contributed by atoms with Crippen molar-refractivity contribution in [3.8, 4) is 0 Å². The molecular weight excluding hydrogens is 269 g/mol. The molecular formula is C17H26FNO2. The summed E-state index contributed by atoms with van der Waals surface area (Å²) in [6.07, 6.45) is 1.90. The van der Waals surface area contributed by atoms with Crippen LogP contribution in [-0.4, -0.2) is 22.9 Å².